The van der Waals surface area contributed by atoms with Crippen molar-refractivity contribution in [2.45, 2.75) is 6.54 Å². The van der Waals surface area contributed by atoms with E-state index in [4.69, 9.17) is 14.0 Å². The summed E-state index contributed by atoms with van der Waals surface area (Å²) < 4.78 is 17.8. The summed E-state index contributed by atoms with van der Waals surface area (Å²) in [7, 11) is 1.57. The molecule has 0 saturated carbocycles. The fraction of sp³-hybridized carbons (Fsp3) is 0.278. The third-order valence-corrected chi connectivity index (χ3v) is 4.14. The predicted molar refractivity (Wildman–Crippen MR) is 107 cm³/mol. The molecule has 3 rings (SSSR count). The Hall–Kier alpha value is -3.41. The molecule has 1 aromatic carbocycles. The molecule has 0 aliphatic heterocycles. The zero-order valence-electron chi connectivity index (χ0n) is 16.0. The second-order valence-corrected chi connectivity index (χ2v) is 6.86. The van der Waals surface area contributed by atoms with E-state index in [0.717, 1.165) is 4.47 Å². The van der Waals surface area contributed by atoms with Gasteiger partial charge in [-0.05, 0) is 40.2 Å². The molecule has 0 spiro atoms. The quantitative estimate of drug-likeness (QED) is 0.412. The summed E-state index contributed by atoms with van der Waals surface area (Å²) >= 11 is 3.29. The standard InChI is InChI=1S/C18H19BrN6O5/c1-28-13-2-4-14(5-3-13)29-11-16(26)20-6-7-21-17(27)18-23-15(24-30-18)10-25-9-12(19)8-22-25/h2-5,8-9H,6-7,10-11H2,1H3,(H,20,26)(H,21,27). The number of nitrogens with zero attached hydrogens (tertiary/aromatic N) is 4. The van der Waals surface area contributed by atoms with Crippen LogP contribution in [0.25, 0.3) is 0 Å². The van der Waals surface area contributed by atoms with Gasteiger partial charge in [0, 0.05) is 19.3 Å². The average molecular weight is 479 g/mol. The third kappa shape index (κ3) is 6.30. The van der Waals surface area contributed by atoms with Crippen molar-refractivity contribution < 1.29 is 23.6 Å². The van der Waals surface area contributed by atoms with Crippen LogP contribution in [0, 0.1) is 0 Å². The van der Waals surface area contributed by atoms with E-state index in [1.165, 1.54) is 0 Å². The number of methoxy groups -OCH3 is 1. The lowest BCUT2D eigenvalue weighted by molar-refractivity contribution is -0.123. The molecule has 11 nitrogen and oxygen atoms in total. The first-order valence-corrected chi connectivity index (χ1v) is 9.65. The number of amides is 2. The lowest BCUT2D eigenvalue weighted by atomic mass is 10.3. The normalized spacial score (nSPS) is 10.5. The minimum atomic E-state index is -0.529. The maximum absolute atomic E-state index is 12.0. The number of hydrogen-bond donors (Lipinski definition) is 2. The third-order valence-electron chi connectivity index (χ3n) is 3.73. The Bertz CT molecular complexity index is 987. The molecule has 0 fully saturated rings. The van der Waals surface area contributed by atoms with Crippen LogP contribution in [-0.4, -0.2) is 58.5 Å². The van der Waals surface area contributed by atoms with Gasteiger partial charge in [0.1, 0.15) is 18.0 Å². The van der Waals surface area contributed by atoms with Crippen LogP contribution in [0.5, 0.6) is 11.5 Å². The maximum Gasteiger partial charge on any atom is 0.316 e. The monoisotopic (exact) mass is 478 g/mol. The molecule has 0 aliphatic rings. The van der Waals surface area contributed by atoms with Crippen LogP contribution in [0.15, 0.2) is 45.7 Å². The van der Waals surface area contributed by atoms with Gasteiger partial charge in [-0.3, -0.25) is 14.3 Å². The largest absolute Gasteiger partial charge is 0.497 e. The van der Waals surface area contributed by atoms with E-state index in [2.05, 4.69) is 41.8 Å². The molecule has 0 bridgehead atoms. The summed E-state index contributed by atoms with van der Waals surface area (Å²) in [4.78, 5) is 27.9. The SMILES string of the molecule is COc1ccc(OCC(=O)NCCNC(=O)c2nc(Cn3cc(Br)cn3)no2)cc1. The van der Waals surface area contributed by atoms with E-state index in [0.29, 0.717) is 17.3 Å². The van der Waals surface area contributed by atoms with Gasteiger partial charge in [-0.1, -0.05) is 5.16 Å². The van der Waals surface area contributed by atoms with Crippen LogP contribution >= 0.6 is 15.9 Å². The predicted octanol–water partition coefficient (Wildman–Crippen LogP) is 1.01. The number of carbonyl (C=O) groups is 2. The van der Waals surface area contributed by atoms with Crippen LogP contribution in [0.4, 0.5) is 0 Å². The molecule has 0 saturated heterocycles. The summed E-state index contributed by atoms with van der Waals surface area (Å²) in [6, 6.07) is 6.88. The van der Waals surface area contributed by atoms with Crippen LogP contribution in [0.3, 0.4) is 0 Å². The number of ether oxygens (including phenoxy) is 2. The van der Waals surface area contributed by atoms with E-state index in [-0.39, 0.29) is 38.0 Å². The van der Waals surface area contributed by atoms with E-state index < -0.39 is 5.91 Å². The Kier molecular flexibility index (Phi) is 7.38. The van der Waals surface area contributed by atoms with E-state index in [1.54, 1.807) is 48.5 Å². The molecule has 0 radical (unpaired) electrons. The van der Waals surface area contributed by atoms with Crippen LogP contribution < -0.4 is 20.1 Å². The summed E-state index contributed by atoms with van der Waals surface area (Å²) in [5.74, 6) is 0.564. The molecule has 2 N–H and O–H groups in total. The highest BCUT2D eigenvalue weighted by Gasteiger charge is 2.15. The van der Waals surface area contributed by atoms with Crippen molar-refractivity contribution in [2.75, 3.05) is 26.8 Å². The number of benzene rings is 1. The van der Waals surface area contributed by atoms with Crippen molar-refractivity contribution in [1.82, 2.24) is 30.6 Å². The second-order valence-electron chi connectivity index (χ2n) is 5.94. The second kappa shape index (κ2) is 10.4. The molecule has 0 aliphatic carbocycles. The van der Waals surface area contributed by atoms with Crippen molar-refractivity contribution in [3.05, 3.63) is 52.8 Å². The zero-order chi connectivity index (χ0) is 21.3. The zero-order valence-corrected chi connectivity index (χ0v) is 17.6. The molecule has 3 aromatic rings. The fourth-order valence-electron chi connectivity index (χ4n) is 2.31. The molecule has 2 aromatic heterocycles. The van der Waals surface area contributed by atoms with Gasteiger partial charge >= 0.3 is 11.8 Å². The molecular formula is C18H19BrN6O5. The number of halogens is 1. The Balaban J connectivity index is 1.33. The van der Waals surface area contributed by atoms with Gasteiger partial charge in [0.25, 0.3) is 5.91 Å². The van der Waals surface area contributed by atoms with Gasteiger partial charge in [0.15, 0.2) is 12.4 Å². The Labute approximate surface area is 179 Å². The lowest BCUT2D eigenvalue weighted by Gasteiger charge is -2.08. The van der Waals surface area contributed by atoms with Gasteiger partial charge in [-0.2, -0.15) is 10.1 Å². The Morgan fingerprint density at radius 3 is 2.60 bits per heavy atom. The van der Waals surface area contributed by atoms with Crippen molar-refractivity contribution in [2.24, 2.45) is 0 Å². The number of aromatic nitrogens is 4. The topological polar surface area (TPSA) is 133 Å². The highest BCUT2D eigenvalue weighted by molar-refractivity contribution is 9.10. The van der Waals surface area contributed by atoms with E-state index in [9.17, 15) is 9.59 Å². The summed E-state index contributed by atoms with van der Waals surface area (Å²) in [5.41, 5.74) is 0. The minimum Gasteiger partial charge on any atom is -0.497 e. The number of carbonyl (C=O) groups excluding carboxylic acids is 2. The smallest absolute Gasteiger partial charge is 0.316 e. The van der Waals surface area contributed by atoms with Crippen molar-refractivity contribution >= 4 is 27.7 Å². The van der Waals surface area contributed by atoms with Crippen molar-refractivity contribution in [1.29, 1.82) is 0 Å². The molecule has 12 heteroatoms. The first kappa shape index (κ1) is 21.3. The van der Waals surface area contributed by atoms with Gasteiger partial charge < -0.3 is 24.6 Å². The maximum atomic E-state index is 12.0. The molecular weight excluding hydrogens is 460 g/mol. The number of nitrogens with one attached hydrogen (secondary N) is 2. The van der Waals surface area contributed by atoms with Gasteiger partial charge in [-0.25, -0.2) is 0 Å². The Morgan fingerprint density at radius 1 is 1.17 bits per heavy atom. The Morgan fingerprint density at radius 2 is 1.90 bits per heavy atom. The van der Waals surface area contributed by atoms with Gasteiger partial charge in [-0.15, -0.1) is 0 Å². The summed E-state index contributed by atoms with van der Waals surface area (Å²) in [6.07, 6.45) is 3.38. The molecule has 0 unspecified atom stereocenters. The van der Waals surface area contributed by atoms with Crippen LogP contribution in [-0.2, 0) is 11.3 Å². The number of rotatable bonds is 10. The van der Waals surface area contributed by atoms with E-state index in [1.807, 2.05) is 0 Å². The van der Waals surface area contributed by atoms with Crippen LogP contribution in [0.1, 0.15) is 16.5 Å². The average Bonchev–Trinajstić information content (AvgIpc) is 3.39. The molecule has 30 heavy (non-hydrogen) atoms. The molecule has 158 valence electrons. The molecule has 0 atom stereocenters. The van der Waals surface area contributed by atoms with Crippen LogP contribution in [0.2, 0.25) is 0 Å². The van der Waals surface area contributed by atoms with Gasteiger partial charge in [0.2, 0.25) is 0 Å². The summed E-state index contributed by atoms with van der Waals surface area (Å²) in [5, 5.41) is 13.0. The highest BCUT2D eigenvalue weighted by Crippen LogP contribution is 2.16. The minimum absolute atomic E-state index is 0.142. The van der Waals surface area contributed by atoms with E-state index >= 15 is 0 Å². The first-order chi connectivity index (χ1) is 14.5. The number of hydrogen-bond acceptors (Lipinski definition) is 8. The molecule has 2 heterocycles. The summed E-state index contributed by atoms with van der Waals surface area (Å²) in [6.45, 7) is 0.541. The molecule has 2 amide bonds. The fourth-order valence-corrected chi connectivity index (χ4v) is 2.63. The lowest BCUT2D eigenvalue weighted by Crippen LogP contribution is -2.36. The van der Waals surface area contributed by atoms with Gasteiger partial charge in [0.05, 0.1) is 17.8 Å². The van der Waals surface area contributed by atoms with Crippen molar-refractivity contribution in [3.63, 3.8) is 0 Å². The first-order valence-electron chi connectivity index (χ1n) is 8.86. The van der Waals surface area contributed by atoms with Crippen molar-refractivity contribution in [3.8, 4) is 11.5 Å². The highest BCUT2D eigenvalue weighted by atomic mass is 79.9.